The summed E-state index contributed by atoms with van der Waals surface area (Å²) < 4.78 is 5.28. The van der Waals surface area contributed by atoms with Gasteiger partial charge in [-0.1, -0.05) is 0 Å². The van der Waals surface area contributed by atoms with E-state index in [0.717, 1.165) is 31.2 Å². The molecular formula is C12H23Cl2N3OS. The zero-order valence-electron chi connectivity index (χ0n) is 11.6. The van der Waals surface area contributed by atoms with E-state index < -0.39 is 0 Å². The van der Waals surface area contributed by atoms with Crippen LogP contribution >= 0.6 is 36.2 Å². The number of ether oxygens (including phenoxy) is 1. The Labute approximate surface area is 131 Å². The van der Waals surface area contributed by atoms with Gasteiger partial charge in [-0.25, -0.2) is 4.98 Å². The molecule has 1 N–H and O–H groups in total. The Kier molecular flexibility index (Phi) is 9.15. The second kappa shape index (κ2) is 9.10. The number of methoxy groups -OCH3 is 1. The summed E-state index contributed by atoms with van der Waals surface area (Å²) in [4.78, 5) is 7.12. The largest absolute Gasteiger partial charge is 0.375 e. The lowest BCUT2D eigenvalue weighted by Crippen LogP contribution is -2.49. The molecule has 0 saturated carbocycles. The first-order chi connectivity index (χ1) is 8.20. The summed E-state index contributed by atoms with van der Waals surface area (Å²) in [6, 6.07) is 0.591. The van der Waals surface area contributed by atoms with Crippen LogP contribution in [-0.2, 0) is 11.3 Å². The third-order valence-corrected chi connectivity index (χ3v) is 4.33. The Morgan fingerprint density at radius 1 is 1.58 bits per heavy atom. The minimum absolute atomic E-state index is 0. The van der Waals surface area contributed by atoms with E-state index in [-0.39, 0.29) is 30.9 Å². The van der Waals surface area contributed by atoms with E-state index in [0.29, 0.717) is 6.04 Å². The number of piperazine rings is 1. The molecule has 112 valence electrons. The van der Waals surface area contributed by atoms with Gasteiger partial charge in [0.05, 0.1) is 5.69 Å². The van der Waals surface area contributed by atoms with Crippen LogP contribution in [0.3, 0.4) is 0 Å². The van der Waals surface area contributed by atoms with E-state index in [9.17, 15) is 0 Å². The molecular weight excluding hydrogens is 305 g/mol. The fourth-order valence-corrected chi connectivity index (χ4v) is 2.85. The van der Waals surface area contributed by atoms with Crippen LogP contribution in [0, 0.1) is 0 Å². The molecule has 0 aliphatic carbocycles. The number of nitrogens with one attached hydrogen (secondary N) is 1. The second-order valence-electron chi connectivity index (χ2n) is 4.58. The summed E-state index contributed by atoms with van der Waals surface area (Å²) in [7, 11) is 1.73. The first-order valence-corrected chi connectivity index (χ1v) is 7.00. The molecule has 4 nitrogen and oxygen atoms in total. The number of thiazole rings is 1. The molecule has 0 radical (unpaired) electrons. The van der Waals surface area contributed by atoms with Gasteiger partial charge < -0.3 is 10.1 Å². The molecule has 19 heavy (non-hydrogen) atoms. The summed E-state index contributed by atoms with van der Waals surface area (Å²) in [5.74, 6) is 0. The lowest BCUT2D eigenvalue weighted by molar-refractivity contribution is 0.118. The van der Waals surface area contributed by atoms with E-state index in [2.05, 4.69) is 27.5 Å². The molecule has 0 bridgehead atoms. The molecule has 0 amide bonds. The van der Waals surface area contributed by atoms with Crippen molar-refractivity contribution in [2.24, 2.45) is 0 Å². The minimum atomic E-state index is 0. The Balaban J connectivity index is 0.00000162. The molecule has 1 unspecified atom stereocenters. The fourth-order valence-electron chi connectivity index (χ4n) is 2.01. The van der Waals surface area contributed by atoms with E-state index in [1.165, 1.54) is 5.69 Å². The van der Waals surface area contributed by atoms with Crippen molar-refractivity contribution in [3.8, 4) is 0 Å². The number of hydrogen-bond donors (Lipinski definition) is 1. The Hall–Kier alpha value is 0.0900. The first-order valence-electron chi connectivity index (χ1n) is 6.12. The molecule has 2 heterocycles. The van der Waals surface area contributed by atoms with E-state index in [4.69, 9.17) is 4.74 Å². The molecule has 7 heteroatoms. The summed E-state index contributed by atoms with van der Waals surface area (Å²) in [5.41, 5.74) is 1.17. The van der Waals surface area contributed by atoms with Crippen molar-refractivity contribution < 1.29 is 4.74 Å². The maximum atomic E-state index is 5.28. The van der Waals surface area contributed by atoms with Crippen LogP contribution < -0.4 is 5.32 Å². The Morgan fingerprint density at radius 3 is 2.95 bits per heavy atom. The third-order valence-electron chi connectivity index (χ3n) is 3.27. The first kappa shape index (κ1) is 19.1. The number of rotatable bonds is 4. The topological polar surface area (TPSA) is 37.4 Å². The van der Waals surface area contributed by atoms with Crippen molar-refractivity contribution >= 4 is 36.2 Å². The van der Waals surface area contributed by atoms with Gasteiger partial charge in [0.2, 0.25) is 0 Å². The van der Waals surface area contributed by atoms with Crippen molar-refractivity contribution in [1.29, 1.82) is 0 Å². The number of aromatic nitrogens is 1. The summed E-state index contributed by atoms with van der Waals surface area (Å²) in [5, 5.41) is 6.63. The predicted molar refractivity (Wildman–Crippen MR) is 84.8 cm³/mol. The van der Waals surface area contributed by atoms with Gasteiger partial charge in [-0.05, 0) is 13.8 Å². The van der Waals surface area contributed by atoms with Gasteiger partial charge >= 0.3 is 0 Å². The number of nitrogens with zero attached hydrogens (tertiary/aromatic N) is 2. The monoisotopic (exact) mass is 327 g/mol. The summed E-state index contributed by atoms with van der Waals surface area (Å²) in [6.45, 7) is 8.51. The maximum absolute atomic E-state index is 5.28. The smallest absolute Gasteiger partial charge is 0.122 e. The summed E-state index contributed by atoms with van der Waals surface area (Å²) >= 11 is 1.69. The minimum Gasteiger partial charge on any atom is -0.375 e. The van der Waals surface area contributed by atoms with Gasteiger partial charge in [-0.2, -0.15) is 0 Å². The quantitative estimate of drug-likeness (QED) is 0.921. The molecule has 1 aliphatic rings. The maximum Gasteiger partial charge on any atom is 0.122 e. The van der Waals surface area contributed by atoms with Gasteiger partial charge in [-0.3, -0.25) is 4.90 Å². The number of hydrogen-bond acceptors (Lipinski definition) is 5. The standard InChI is InChI=1S/C12H21N3OS.2ClH/c1-9-6-13-4-5-15(9)7-11-8-17-12(14-11)10(2)16-3;;/h8-10,13H,4-7H2,1-3H3;2*1H/t9-,10?;;/m1../s1. The average molecular weight is 328 g/mol. The summed E-state index contributed by atoms with van der Waals surface area (Å²) in [6.07, 6.45) is 0.106. The van der Waals surface area contributed by atoms with E-state index in [1.54, 1.807) is 18.4 Å². The zero-order valence-corrected chi connectivity index (χ0v) is 14.0. The molecule has 1 saturated heterocycles. The predicted octanol–water partition coefficient (Wildman–Crippen LogP) is 2.49. The molecule has 1 aliphatic heterocycles. The highest BCUT2D eigenvalue weighted by Gasteiger charge is 2.19. The van der Waals surface area contributed by atoms with Crippen molar-refractivity contribution in [2.45, 2.75) is 32.5 Å². The lowest BCUT2D eigenvalue weighted by atomic mass is 10.2. The Morgan fingerprint density at radius 2 is 2.32 bits per heavy atom. The molecule has 2 rings (SSSR count). The van der Waals surface area contributed by atoms with Crippen molar-refractivity contribution in [3.63, 3.8) is 0 Å². The van der Waals surface area contributed by atoms with Crippen LogP contribution in [0.25, 0.3) is 0 Å². The van der Waals surface area contributed by atoms with Crippen LogP contribution in [-0.4, -0.2) is 42.7 Å². The SMILES string of the molecule is COC(C)c1nc(CN2CCNC[C@H]2C)cs1.Cl.Cl. The average Bonchev–Trinajstić information content (AvgIpc) is 2.80. The second-order valence-corrected chi connectivity index (χ2v) is 5.47. The fraction of sp³-hybridized carbons (Fsp3) is 0.750. The number of halogens is 2. The van der Waals surface area contributed by atoms with Gasteiger partial charge in [0, 0.05) is 44.7 Å². The van der Waals surface area contributed by atoms with Gasteiger partial charge in [0.1, 0.15) is 11.1 Å². The molecule has 0 spiro atoms. The van der Waals surface area contributed by atoms with Crippen LogP contribution in [0.4, 0.5) is 0 Å². The van der Waals surface area contributed by atoms with Crippen LogP contribution in [0.5, 0.6) is 0 Å². The van der Waals surface area contributed by atoms with Crippen LogP contribution in [0.1, 0.15) is 30.7 Å². The zero-order chi connectivity index (χ0) is 12.3. The van der Waals surface area contributed by atoms with Gasteiger partial charge in [0.25, 0.3) is 0 Å². The molecule has 1 aromatic rings. The van der Waals surface area contributed by atoms with E-state index >= 15 is 0 Å². The van der Waals surface area contributed by atoms with E-state index in [1.807, 2.05) is 6.92 Å². The van der Waals surface area contributed by atoms with Crippen LogP contribution in [0.15, 0.2) is 5.38 Å². The van der Waals surface area contributed by atoms with Crippen molar-refractivity contribution in [1.82, 2.24) is 15.2 Å². The van der Waals surface area contributed by atoms with Gasteiger partial charge in [0.15, 0.2) is 0 Å². The van der Waals surface area contributed by atoms with Gasteiger partial charge in [-0.15, -0.1) is 36.2 Å². The van der Waals surface area contributed by atoms with Crippen LogP contribution in [0.2, 0.25) is 0 Å². The molecule has 0 aromatic carbocycles. The normalized spacial score (nSPS) is 21.3. The highest BCUT2D eigenvalue weighted by molar-refractivity contribution is 7.09. The highest BCUT2D eigenvalue weighted by atomic mass is 35.5. The highest BCUT2D eigenvalue weighted by Crippen LogP contribution is 2.21. The third kappa shape index (κ3) is 5.17. The molecule has 1 aromatic heterocycles. The lowest BCUT2D eigenvalue weighted by Gasteiger charge is -2.33. The molecule has 1 fully saturated rings. The Bertz CT molecular complexity index is 364. The van der Waals surface area contributed by atoms with Crippen molar-refractivity contribution in [2.75, 3.05) is 26.7 Å². The molecule has 2 atom stereocenters. The van der Waals surface area contributed by atoms with Crippen molar-refractivity contribution in [3.05, 3.63) is 16.1 Å².